The molecule has 2 amide bonds. The van der Waals surface area contributed by atoms with Crippen LogP contribution in [0.25, 0.3) is 10.1 Å². The summed E-state index contributed by atoms with van der Waals surface area (Å²) >= 11 is 1.26. The van der Waals surface area contributed by atoms with Crippen molar-refractivity contribution in [1.29, 1.82) is 0 Å². The van der Waals surface area contributed by atoms with E-state index in [0.29, 0.717) is 16.0 Å². The maximum Gasteiger partial charge on any atom is 0.393 e. The predicted molar refractivity (Wildman–Crippen MR) is 194 cm³/mol. The molecule has 0 bridgehead atoms. The van der Waals surface area contributed by atoms with Gasteiger partial charge < -0.3 is 40.8 Å². The van der Waals surface area contributed by atoms with Crippen LogP contribution < -0.4 is 26.4 Å². The Morgan fingerprint density at radius 2 is 1.83 bits per heavy atom. The Kier molecular flexibility index (Phi) is 13.3. The number of carbonyl (C=O) groups is 3. The largest absolute Gasteiger partial charge is 0.489 e. The number of halogens is 3. The number of nitrogens with zero attached hydrogens (tertiary/aromatic N) is 1. The van der Waals surface area contributed by atoms with Crippen LogP contribution >= 0.6 is 11.3 Å². The first-order chi connectivity index (χ1) is 25.0. The van der Waals surface area contributed by atoms with Crippen LogP contribution in [0, 0.1) is 11.8 Å². The molecule has 5 N–H and O–H groups in total. The molecule has 1 aliphatic carbocycles. The van der Waals surface area contributed by atoms with Crippen molar-refractivity contribution in [3.8, 4) is 17.6 Å². The molecule has 2 fully saturated rings. The molecule has 0 spiro atoms. The molecule has 2 heterocycles. The van der Waals surface area contributed by atoms with Gasteiger partial charge in [0.1, 0.15) is 18.4 Å². The zero-order valence-corrected chi connectivity index (χ0v) is 30.0. The number of primary amides is 1. The fourth-order valence-electron chi connectivity index (χ4n) is 6.18. The Balaban J connectivity index is 1.32. The number of anilines is 2. The van der Waals surface area contributed by atoms with Crippen LogP contribution in [0.4, 0.5) is 24.5 Å². The predicted octanol–water partition coefficient (Wildman–Crippen LogP) is 5.07. The topological polar surface area (TPSA) is 144 Å². The van der Waals surface area contributed by atoms with Crippen LogP contribution in [0.15, 0.2) is 36.4 Å². The van der Waals surface area contributed by atoms with Gasteiger partial charge in [-0.25, -0.2) is 4.79 Å². The van der Waals surface area contributed by atoms with Crippen LogP contribution in [-0.4, -0.2) is 94.1 Å². The van der Waals surface area contributed by atoms with E-state index in [2.05, 4.69) is 32.7 Å². The number of carbonyl (C=O) groups excluding carboxylic acids is 3. The fraction of sp³-hybridized carbons (Fsp3) is 0.486. The van der Waals surface area contributed by atoms with Gasteiger partial charge >= 0.3 is 12.1 Å². The number of hydrogen-bond donors (Lipinski definition) is 4. The summed E-state index contributed by atoms with van der Waals surface area (Å²) in [6.07, 6.45) is -1.16. The number of amides is 2. The molecule has 2 aliphatic rings. The average Bonchev–Trinajstić information content (AvgIpc) is 3.91. The molecule has 1 unspecified atom stereocenters. The van der Waals surface area contributed by atoms with Gasteiger partial charge in [0.2, 0.25) is 5.91 Å². The lowest BCUT2D eigenvalue weighted by molar-refractivity contribution is -0.143. The first-order valence-corrected chi connectivity index (χ1v) is 18.0. The molecular weight excluding hydrogens is 699 g/mol. The molecule has 1 aliphatic heterocycles. The van der Waals surface area contributed by atoms with Crippen molar-refractivity contribution < 1.29 is 41.8 Å². The maximum atomic E-state index is 13.8. The third kappa shape index (κ3) is 10.8. The Morgan fingerprint density at radius 1 is 1.06 bits per heavy atom. The molecule has 280 valence electrons. The molecule has 1 saturated heterocycles. The molecule has 11 nitrogen and oxygen atoms in total. The van der Waals surface area contributed by atoms with Gasteiger partial charge in [-0.2, -0.15) is 13.2 Å². The van der Waals surface area contributed by atoms with Gasteiger partial charge in [0, 0.05) is 44.3 Å². The van der Waals surface area contributed by atoms with E-state index in [1.54, 1.807) is 18.2 Å². The number of benzene rings is 2. The number of likely N-dealkylation sites (tertiary alicyclic amines) is 1. The van der Waals surface area contributed by atoms with Gasteiger partial charge in [-0.05, 0) is 67.3 Å². The van der Waals surface area contributed by atoms with Gasteiger partial charge in [-0.3, -0.25) is 9.59 Å². The maximum absolute atomic E-state index is 13.8. The van der Waals surface area contributed by atoms with Crippen LogP contribution in [0.3, 0.4) is 0 Å². The highest BCUT2D eigenvalue weighted by Crippen LogP contribution is 2.40. The summed E-state index contributed by atoms with van der Waals surface area (Å²) in [6, 6.07) is 9.90. The Morgan fingerprint density at radius 3 is 2.50 bits per heavy atom. The van der Waals surface area contributed by atoms with E-state index in [4.69, 9.17) is 19.9 Å². The summed E-state index contributed by atoms with van der Waals surface area (Å²) in [5.41, 5.74) is 6.83. The van der Waals surface area contributed by atoms with E-state index in [-0.39, 0.29) is 55.5 Å². The third-order valence-corrected chi connectivity index (χ3v) is 10.2. The van der Waals surface area contributed by atoms with E-state index in [0.717, 1.165) is 42.4 Å². The van der Waals surface area contributed by atoms with Crippen molar-refractivity contribution in [2.24, 2.45) is 5.73 Å². The zero-order chi connectivity index (χ0) is 37.3. The van der Waals surface area contributed by atoms with E-state index in [1.165, 1.54) is 50.5 Å². The first kappa shape index (κ1) is 38.7. The molecule has 1 saturated carbocycles. The van der Waals surface area contributed by atoms with Crippen molar-refractivity contribution in [1.82, 2.24) is 10.2 Å². The number of methoxy groups -OCH3 is 2. The number of alkyl halides is 3. The zero-order valence-electron chi connectivity index (χ0n) is 29.2. The Hall–Kier alpha value is -4.52. The minimum absolute atomic E-state index is 0.0364. The smallest absolute Gasteiger partial charge is 0.393 e. The SMILES string of the molecule is COCCOc1cc(C(=O)NC(CCC(N)=O)C(=O)OC)ccc1NCC#Cc1sc2c(NC3CCN(C4CC4)CC3)cccc2c1CC(F)(F)F. The van der Waals surface area contributed by atoms with Crippen molar-refractivity contribution in [3.63, 3.8) is 0 Å². The Labute approximate surface area is 304 Å². The van der Waals surface area contributed by atoms with E-state index in [9.17, 15) is 27.6 Å². The van der Waals surface area contributed by atoms with Crippen molar-refractivity contribution in [3.05, 3.63) is 52.4 Å². The summed E-state index contributed by atoms with van der Waals surface area (Å²) in [5.74, 6) is 4.27. The molecular formula is C37H44F3N5O6S. The monoisotopic (exact) mass is 743 g/mol. The highest BCUT2D eigenvalue weighted by atomic mass is 32.1. The van der Waals surface area contributed by atoms with Gasteiger partial charge in [-0.1, -0.05) is 24.0 Å². The number of nitrogens with two attached hydrogens (primary N) is 1. The van der Waals surface area contributed by atoms with Crippen LogP contribution in [0.2, 0.25) is 0 Å². The number of nitrogens with one attached hydrogen (secondary N) is 3. The summed E-state index contributed by atoms with van der Waals surface area (Å²) in [6.45, 7) is 2.53. The van der Waals surface area contributed by atoms with Crippen LogP contribution in [-0.2, 0) is 25.5 Å². The highest BCUT2D eigenvalue weighted by Gasteiger charge is 2.33. The number of piperidine rings is 1. The van der Waals surface area contributed by atoms with Crippen LogP contribution in [0.1, 0.15) is 59.3 Å². The number of thiophene rings is 1. The molecule has 3 aromatic rings. The number of rotatable bonds is 16. The summed E-state index contributed by atoms with van der Waals surface area (Å²) in [4.78, 5) is 39.4. The number of fused-ring (bicyclic) bond motifs is 1. The van der Waals surface area contributed by atoms with Crippen molar-refractivity contribution in [2.75, 3.05) is 57.7 Å². The number of hydrogen-bond acceptors (Lipinski definition) is 10. The second-order valence-corrected chi connectivity index (χ2v) is 13.9. The number of esters is 1. The van der Waals surface area contributed by atoms with E-state index in [1.807, 2.05) is 6.07 Å². The summed E-state index contributed by atoms with van der Waals surface area (Å²) in [5, 5.41) is 9.85. The molecule has 2 aromatic carbocycles. The fourth-order valence-corrected chi connectivity index (χ4v) is 7.35. The minimum Gasteiger partial charge on any atom is -0.489 e. The Bertz CT molecular complexity index is 1790. The standard InChI is InChI=1S/C37H44F3N5O6S/c1-49-19-20-51-31-21-23(35(47)44-30(36(48)50-2)12-13-33(41)46)8-11-28(31)42-16-4-7-32-27(22-37(38,39)40)26-5-3-6-29(34(26)52-32)43-24-14-17-45(18-15-24)25-9-10-25/h3,5-6,8,11,21,24-25,30,42-43H,9-10,12-20,22H2,1-2H3,(H2,41,46)(H,44,47). The second kappa shape index (κ2) is 17.8. The van der Waals surface area contributed by atoms with Crippen molar-refractivity contribution >= 4 is 50.6 Å². The molecule has 1 atom stereocenters. The summed E-state index contributed by atoms with van der Waals surface area (Å²) < 4.78 is 57.9. The van der Waals surface area contributed by atoms with Gasteiger partial charge in [0.25, 0.3) is 5.91 Å². The van der Waals surface area contributed by atoms with E-state index >= 15 is 0 Å². The van der Waals surface area contributed by atoms with E-state index < -0.39 is 36.4 Å². The molecule has 5 rings (SSSR count). The van der Waals surface area contributed by atoms with Crippen LogP contribution in [0.5, 0.6) is 5.75 Å². The lowest BCUT2D eigenvalue weighted by Crippen LogP contribution is -2.42. The lowest BCUT2D eigenvalue weighted by Gasteiger charge is -2.33. The summed E-state index contributed by atoms with van der Waals surface area (Å²) in [7, 11) is 2.68. The van der Waals surface area contributed by atoms with Gasteiger partial charge in [-0.15, -0.1) is 11.3 Å². The molecule has 15 heteroatoms. The molecule has 1 aromatic heterocycles. The quantitative estimate of drug-likeness (QED) is 0.0899. The third-order valence-electron chi connectivity index (χ3n) is 8.98. The first-order valence-electron chi connectivity index (χ1n) is 17.2. The minimum atomic E-state index is -4.41. The normalized spacial score (nSPS) is 15.7. The number of ether oxygens (including phenoxy) is 3. The average molecular weight is 744 g/mol. The lowest BCUT2D eigenvalue weighted by atomic mass is 10.0. The second-order valence-electron chi connectivity index (χ2n) is 12.8. The molecule has 0 radical (unpaired) electrons. The van der Waals surface area contributed by atoms with Crippen molar-refractivity contribution in [2.45, 2.75) is 69.2 Å². The van der Waals surface area contributed by atoms with Gasteiger partial charge in [0.15, 0.2) is 0 Å². The highest BCUT2D eigenvalue weighted by molar-refractivity contribution is 7.20. The van der Waals surface area contributed by atoms with Gasteiger partial charge in [0.05, 0.1) is 47.6 Å². The molecule has 52 heavy (non-hydrogen) atoms.